The number of aliphatic hydroxyl groups is 2. The summed E-state index contributed by atoms with van der Waals surface area (Å²) in [5.74, 6) is -1.00. The van der Waals surface area contributed by atoms with E-state index in [0.717, 1.165) is 25.7 Å². The Morgan fingerprint density at radius 2 is 0.875 bits per heavy atom. The number of ether oxygens (including phenoxy) is 2. The van der Waals surface area contributed by atoms with E-state index in [0.29, 0.717) is 28.7 Å². The van der Waals surface area contributed by atoms with Gasteiger partial charge in [-0.25, -0.2) is 0 Å². The third-order valence-electron chi connectivity index (χ3n) is 8.19. The van der Waals surface area contributed by atoms with Gasteiger partial charge in [-0.3, -0.25) is 0 Å². The highest BCUT2D eigenvalue weighted by Gasteiger charge is 2.62. The molecule has 4 nitrogen and oxygen atoms in total. The van der Waals surface area contributed by atoms with E-state index in [1.165, 1.54) is 0 Å². The van der Waals surface area contributed by atoms with Gasteiger partial charge in [-0.05, 0) is 35.6 Å². The highest BCUT2D eigenvalue weighted by molar-refractivity contribution is 5.43. The van der Waals surface area contributed by atoms with E-state index >= 15 is 0 Å². The van der Waals surface area contributed by atoms with Crippen LogP contribution in [0, 0.1) is 0 Å². The zero-order valence-electron chi connectivity index (χ0n) is 23.4. The van der Waals surface area contributed by atoms with Crippen molar-refractivity contribution in [3.63, 3.8) is 0 Å². The van der Waals surface area contributed by atoms with Gasteiger partial charge in [0.15, 0.2) is 5.79 Å². The Balaban J connectivity index is 1.70. The molecule has 4 heteroatoms. The van der Waals surface area contributed by atoms with Crippen molar-refractivity contribution in [2.45, 2.75) is 75.1 Å². The van der Waals surface area contributed by atoms with E-state index in [1.54, 1.807) is 0 Å². The monoisotopic (exact) mass is 536 g/mol. The molecule has 1 saturated heterocycles. The fraction of sp³-hybridized carbons (Fsp3) is 0.333. The van der Waals surface area contributed by atoms with E-state index in [2.05, 4.69) is 6.92 Å². The standard InChI is InChI=1S/C36H40O4/c1-3-4-5-18-27-34(2)39-32(35(37,28-19-10-6-11-20-28)29-21-12-7-13-22-29)33(40-34)36(38,30-23-14-8-15-24-30)31-25-16-9-17-26-31/h6-17,19-26,32-33,37-38H,3-5,18,27H2,1-2H3/t32-,33-/m1/s1. The summed E-state index contributed by atoms with van der Waals surface area (Å²) in [5, 5.41) is 25.8. The van der Waals surface area contributed by atoms with Crippen molar-refractivity contribution in [2.24, 2.45) is 0 Å². The van der Waals surface area contributed by atoms with E-state index in [-0.39, 0.29) is 0 Å². The summed E-state index contributed by atoms with van der Waals surface area (Å²) in [5.41, 5.74) is -0.494. The number of benzene rings is 4. The topological polar surface area (TPSA) is 58.9 Å². The molecule has 0 unspecified atom stereocenters. The van der Waals surface area contributed by atoms with Crippen LogP contribution in [0.4, 0.5) is 0 Å². The van der Waals surface area contributed by atoms with Gasteiger partial charge >= 0.3 is 0 Å². The minimum absolute atomic E-state index is 0.652. The van der Waals surface area contributed by atoms with Crippen LogP contribution in [-0.4, -0.2) is 28.2 Å². The predicted molar refractivity (Wildman–Crippen MR) is 159 cm³/mol. The number of unbranched alkanes of at least 4 members (excludes halogenated alkanes) is 3. The van der Waals surface area contributed by atoms with E-state index in [4.69, 9.17) is 9.47 Å². The summed E-state index contributed by atoms with van der Waals surface area (Å²) in [4.78, 5) is 0. The molecule has 1 heterocycles. The van der Waals surface area contributed by atoms with Gasteiger partial charge in [0.2, 0.25) is 0 Å². The third kappa shape index (κ3) is 5.37. The van der Waals surface area contributed by atoms with Crippen LogP contribution < -0.4 is 0 Å². The van der Waals surface area contributed by atoms with Crippen molar-refractivity contribution in [3.8, 4) is 0 Å². The van der Waals surface area contributed by atoms with Gasteiger partial charge in [-0.15, -0.1) is 0 Å². The Hall–Kier alpha value is -3.28. The van der Waals surface area contributed by atoms with Gasteiger partial charge in [0.25, 0.3) is 0 Å². The van der Waals surface area contributed by atoms with Gasteiger partial charge in [0.05, 0.1) is 0 Å². The molecule has 0 aliphatic carbocycles. The maximum atomic E-state index is 12.9. The van der Waals surface area contributed by atoms with Crippen LogP contribution in [0.2, 0.25) is 0 Å². The molecule has 1 aliphatic rings. The van der Waals surface area contributed by atoms with Gasteiger partial charge in [-0.2, -0.15) is 0 Å². The molecule has 0 bridgehead atoms. The van der Waals surface area contributed by atoms with Crippen molar-refractivity contribution < 1.29 is 19.7 Å². The lowest BCUT2D eigenvalue weighted by Gasteiger charge is -2.42. The molecule has 0 amide bonds. The largest absolute Gasteiger partial charge is 0.378 e. The Morgan fingerprint density at radius 1 is 0.550 bits per heavy atom. The molecular formula is C36H40O4. The minimum atomic E-state index is -1.61. The van der Waals surface area contributed by atoms with Crippen LogP contribution in [-0.2, 0) is 20.7 Å². The average molecular weight is 537 g/mol. The lowest BCUT2D eigenvalue weighted by Crippen LogP contribution is -2.54. The van der Waals surface area contributed by atoms with Crippen LogP contribution in [0.3, 0.4) is 0 Å². The van der Waals surface area contributed by atoms with Crippen LogP contribution in [0.25, 0.3) is 0 Å². The number of hydrogen-bond donors (Lipinski definition) is 2. The molecule has 4 aromatic carbocycles. The van der Waals surface area contributed by atoms with Gasteiger partial charge in [0, 0.05) is 6.42 Å². The Kier molecular flexibility index (Phi) is 8.53. The first-order valence-corrected chi connectivity index (χ1v) is 14.4. The van der Waals surface area contributed by atoms with Crippen LogP contribution in [0.1, 0.15) is 68.2 Å². The van der Waals surface area contributed by atoms with Crippen LogP contribution in [0.5, 0.6) is 0 Å². The van der Waals surface area contributed by atoms with Crippen LogP contribution >= 0.6 is 0 Å². The first-order valence-electron chi connectivity index (χ1n) is 14.4. The molecule has 2 N–H and O–H groups in total. The van der Waals surface area contributed by atoms with Crippen molar-refractivity contribution >= 4 is 0 Å². The summed E-state index contributed by atoms with van der Waals surface area (Å²) in [7, 11) is 0. The quantitative estimate of drug-likeness (QED) is 0.197. The number of rotatable bonds is 11. The summed E-state index contributed by atoms with van der Waals surface area (Å²) >= 11 is 0. The molecule has 0 aromatic heterocycles. The average Bonchev–Trinajstić information content (AvgIpc) is 3.39. The molecule has 5 rings (SSSR count). The summed E-state index contributed by atoms with van der Waals surface area (Å²) in [6.07, 6.45) is 3.05. The van der Waals surface area contributed by atoms with Crippen molar-refractivity contribution in [3.05, 3.63) is 144 Å². The molecule has 4 aromatic rings. The molecular weight excluding hydrogens is 496 g/mol. The third-order valence-corrected chi connectivity index (χ3v) is 8.19. The van der Waals surface area contributed by atoms with Crippen LogP contribution in [0.15, 0.2) is 121 Å². The molecule has 2 atom stereocenters. The van der Waals surface area contributed by atoms with Gasteiger partial charge in [-0.1, -0.05) is 148 Å². The molecule has 208 valence electrons. The lowest BCUT2D eigenvalue weighted by molar-refractivity contribution is -0.189. The first-order chi connectivity index (χ1) is 19.4. The molecule has 0 saturated carbocycles. The van der Waals surface area contributed by atoms with Crippen molar-refractivity contribution in [1.29, 1.82) is 0 Å². The normalized spacial score (nSPS) is 19.0. The van der Waals surface area contributed by atoms with E-state index in [9.17, 15) is 10.2 Å². The fourth-order valence-electron chi connectivity index (χ4n) is 6.05. The highest BCUT2D eigenvalue weighted by atomic mass is 16.8. The second-order valence-electron chi connectivity index (χ2n) is 11.0. The first kappa shape index (κ1) is 28.3. The fourth-order valence-corrected chi connectivity index (χ4v) is 6.05. The molecule has 0 radical (unpaired) electrons. The minimum Gasteiger partial charge on any atom is -0.378 e. The maximum Gasteiger partial charge on any atom is 0.166 e. The SMILES string of the molecule is CCCCCCC1(C)O[C@@H](C(O)(c2ccccc2)c2ccccc2)[C@H](C(O)(c2ccccc2)c2ccccc2)O1. The van der Waals surface area contributed by atoms with Crippen molar-refractivity contribution in [1.82, 2.24) is 0 Å². The summed E-state index contributed by atoms with van der Waals surface area (Å²) in [6, 6.07) is 38.3. The summed E-state index contributed by atoms with van der Waals surface area (Å²) in [6.45, 7) is 4.13. The predicted octanol–water partition coefficient (Wildman–Crippen LogP) is 7.33. The maximum absolute atomic E-state index is 12.9. The second kappa shape index (κ2) is 12.1. The highest BCUT2D eigenvalue weighted by Crippen LogP contribution is 2.51. The van der Waals surface area contributed by atoms with E-state index < -0.39 is 29.2 Å². The molecule has 0 spiro atoms. The lowest BCUT2D eigenvalue weighted by atomic mass is 9.72. The van der Waals surface area contributed by atoms with Gasteiger partial charge < -0.3 is 19.7 Å². The Morgan fingerprint density at radius 3 is 1.18 bits per heavy atom. The molecule has 1 fully saturated rings. The smallest absolute Gasteiger partial charge is 0.166 e. The summed E-state index contributed by atoms with van der Waals surface area (Å²) < 4.78 is 13.7. The zero-order valence-corrected chi connectivity index (χ0v) is 23.4. The molecule has 1 aliphatic heterocycles. The molecule has 40 heavy (non-hydrogen) atoms. The Labute approximate surface area is 238 Å². The van der Waals surface area contributed by atoms with E-state index in [1.807, 2.05) is 128 Å². The Bertz CT molecular complexity index is 1150. The van der Waals surface area contributed by atoms with Gasteiger partial charge in [0.1, 0.15) is 23.4 Å². The second-order valence-corrected chi connectivity index (χ2v) is 11.0. The number of hydrogen-bond acceptors (Lipinski definition) is 4. The zero-order chi connectivity index (χ0) is 28.1. The van der Waals surface area contributed by atoms with Crippen molar-refractivity contribution in [2.75, 3.05) is 0 Å².